The minimum Gasteiger partial charge on any atom is -0.258 e. The molecule has 0 unspecified atom stereocenters. The van der Waals surface area contributed by atoms with Gasteiger partial charge in [0.25, 0.3) is 5.69 Å². The Hall–Kier alpha value is -2.73. The molecule has 0 aliphatic carbocycles. The molecule has 126 valence electrons. The largest absolute Gasteiger partial charge is 0.269 e. The summed E-state index contributed by atoms with van der Waals surface area (Å²) in [6.45, 7) is 2.13. The molecule has 5 nitrogen and oxygen atoms in total. The lowest BCUT2D eigenvalue weighted by molar-refractivity contribution is -0.384. The second-order valence-corrected chi connectivity index (χ2v) is 6.52. The van der Waals surface area contributed by atoms with E-state index in [9.17, 15) is 10.1 Å². The highest BCUT2D eigenvalue weighted by molar-refractivity contribution is 7.98. The highest BCUT2D eigenvalue weighted by Crippen LogP contribution is 2.24. The van der Waals surface area contributed by atoms with Crippen LogP contribution in [-0.4, -0.2) is 15.1 Å². The monoisotopic (exact) mass is 351 g/mol. The Bertz CT molecular complexity index is 865. The maximum Gasteiger partial charge on any atom is 0.269 e. The summed E-state index contributed by atoms with van der Waals surface area (Å²) in [5.41, 5.74) is 4.17. The van der Waals surface area contributed by atoms with Gasteiger partial charge in [-0.05, 0) is 29.7 Å². The SMILES string of the molecule is CCc1ccc(-c2ccc(SCc3cccc([N+](=O)[O-])c3)nn2)cc1. The minimum absolute atomic E-state index is 0.107. The van der Waals surface area contributed by atoms with Gasteiger partial charge in [0.1, 0.15) is 5.03 Å². The van der Waals surface area contributed by atoms with Crippen molar-refractivity contribution < 1.29 is 4.92 Å². The molecule has 0 saturated heterocycles. The molecule has 0 atom stereocenters. The molecule has 0 radical (unpaired) electrons. The molecule has 6 heteroatoms. The third-order valence-corrected chi connectivity index (χ3v) is 4.80. The molecule has 0 aliphatic heterocycles. The Morgan fingerprint density at radius 1 is 1.00 bits per heavy atom. The van der Waals surface area contributed by atoms with E-state index in [1.54, 1.807) is 12.1 Å². The minimum atomic E-state index is -0.382. The molecule has 25 heavy (non-hydrogen) atoms. The molecular formula is C19H17N3O2S. The summed E-state index contributed by atoms with van der Waals surface area (Å²) in [6.07, 6.45) is 1.01. The van der Waals surface area contributed by atoms with Gasteiger partial charge in [-0.25, -0.2) is 0 Å². The molecule has 0 fully saturated rings. The third kappa shape index (κ3) is 4.42. The van der Waals surface area contributed by atoms with Gasteiger partial charge in [-0.3, -0.25) is 10.1 Å². The van der Waals surface area contributed by atoms with Crippen LogP contribution in [-0.2, 0) is 12.2 Å². The van der Waals surface area contributed by atoms with E-state index in [1.165, 1.54) is 23.4 Å². The highest BCUT2D eigenvalue weighted by atomic mass is 32.2. The molecule has 0 aliphatic rings. The van der Waals surface area contributed by atoms with Crippen molar-refractivity contribution in [2.75, 3.05) is 0 Å². The van der Waals surface area contributed by atoms with Gasteiger partial charge in [-0.2, -0.15) is 0 Å². The van der Waals surface area contributed by atoms with E-state index >= 15 is 0 Å². The van der Waals surface area contributed by atoms with Gasteiger partial charge < -0.3 is 0 Å². The number of thioether (sulfide) groups is 1. The highest BCUT2D eigenvalue weighted by Gasteiger charge is 2.07. The van der Waals surface area contributed by atoms with Crippen LogP contribution in [0.25, 0.3) is 11.3 Å². The number of non-ortho nitro benzene ring substituents is 1. The average Bonchev–Trinajstić information content (AvgIpc) is 2.67. The van der Waals surface area contributed by atoms with Crippen LogP contribution < -0.4 is 0 Å². The van der Waals surface area contributed by atoms with Gasteiger partial charge >= 0.3 is 0 Å². The first-order chi connectivity index (χ1) is 12.2. The number of aryl methyl sites for hydroxylation is 1. The van der Waals surface area contributed by atoms with Gasteiger partial charge in [0.05, 0.1) is 10.6 Å². The number of nitrogens with zero attached hydrogens (tertiary/aromatic N) is 3. The predicted octanol–water partition coefficient (Wildman–Crippen LogP) is 4.91. The van der Waals surface area contributed by atoms with Crippen LogP contribution in [0.5, 0.6) is 0 Å². The lowest BCUT2D eigenvalue weighted by Gasteiger charge is -2.04. The van der Waals surface area contributed by atoms with Gasteiger partial charge in [0.2, 0.25) is 0 Å². The molecule has 1 aromatic heterocycles. The van der Waals surface area contributed by atoms with E-state index < -0.39 is 0 Å². The number of aromatic nitrogens is 2. The maximum absolute atomic E-state index is 10.8. The zero-order valence-corrected chi connectivity index (χ0v) is 14.6. The van der Waals surface area contributed by atoms with Crippen molar-refractivity contribution in [3.8, 4) is 11.3 Å². The summed E-state index contributed by atoms with van der Waals surface area (Å²) in [5.74, 6) is 0.612. The second-order valence-electron chi connectivity index (χ2n) is 5.52. The summed E-state index contributed by atoms with van der Waals surface area (Å²) in [4.78, 5) is 10.4. The van der Waals surface area contributed by atoms with E-state index in [1.807, 2.05) is 18.2 Å². The maximum atomic E-state index is 10.8. The Morgan fingerprint density at radius 3 is 2.44 bits per heavy atom. The zero-order valence-electron chi connectivity index (χ0n) is 13.8. The van der Waals surface area contributed by atoms with Crippen molar-refractivity contribution in [3.05, 3.63) is 81.9 Å². The molecule has 1 heterocycles. The van der Waals surface area contributed by atoms with Crippen LogP contribution in [0.2, 0.25) is 0 Å². The van der Waals surface area contributed by atoms with E-state index in [2.05, 4.69) is 41.4 Å². The zero-order chi connectivity index (χ0) is 17.6. The third-order valence-electron chi connectivity index (χ3n) is 3.81. The lowest BCUT2D eigenvalue weighted by atomic mass is 10.1. The van der Waals surface area contributed by atoms with Crippen LogP contribution in [0.3, 0.4) is 0 Å². The molecule has 0 amide bonds. The summed E-state index contributed by atoms with van der Waals surface area (Å²) >= 11 is 1.51. The van der Waals surface area contributed by atoms with Crippen molar-refractivity contribution in [1.82, 2.24) is 10.2 Å². The topological polar surface area (TPSA) is 68.9 Å². The van der Waals surface area contributed by atoms with Crippen molar-refractivity contribution >= 4 is 17.4 Å². The average molecular weight is 351 g/mol. The second kappa shape index (κ2) is 7.90. The standard InChI is InChI=1S/C19H17N3O2S/c1-2-14-6-8-16(9-7-14)18-10-11-19(21-20-18)25-13-15-4-3-5-17(12-15)22(23)24/h3-12H,2,13H2,1H3. The number of rotatable bonds is 6. The van der Waals surface area contributed by atoms with Crippen molar-refractivity contribution in [3.63, 3.8) is 0 Å². The smallest absolute Gasteiger partial charge is 0.258 e. The van der Waals surface area contributed by atoms with Crippen LogP contribution >= 0.6 is 11.8 Å². The summed E-state index contributed by atoms with van der Waals surface area (Å²) < 4.78 is 0. The van der Waals surface area contributed by atoms with E-state index in [-0.39, 0.29) is 10.6 Å². The van der Waals surface area contributed by atoms with E-state index in [0.717, 1.165) is 28.3 Å². The van der Waals surface area contributed by atoms with Crippen molar-refractivity contribution in [2.24, 2.45) is 0 Å². The molecule has 0 bridgehead atoms. The first-order valence-corrected chi connectivity index (χ1v) is 8.93. The van der Waals surface area contributed by atoms with Crippen LogP contribution in [0, 0.1) is 10.1 Å². The Balaban J connectivity index is 1.66. The first-order valence-electron chi connectivity index (χ1n) is 7.95. The molecule has 0 spiro atoms. The first kappa shape index (κ1) is 17.1. The van der Waals surface area contributed by atoms with Crippen molar-refractivity contribution in [2.45, 2.75) is 24.1 Å². The van der Waals surface area contributed by atoms with E-state index in [4.69, 9.17) is 0 Å². The number of nitro groups is 1. The molecular weight excluding hydrogens is 334 g/mol. The van der Waals surface area contributed by atoms with Crippen LogP contribution in [0.15, 0.2) is 65.7 Å². The van der Waals surface area contributed by atoms with Crippen LogP contribution in [0.4, 0.5) is 5.69 Å². The van der Waals surface area contributed by atoms with Gasteiger partial charge in [0.15, 0.2) is 0 Å². The molecule has 0 N–H and O–H groups in total. The molecule has 3 rings (SSSR count). The Labute approximate surface area is 150 Å². The van der Waals surface area contributed by atoms with Gasteiger partial charge in [-0.15, -0.1) is 10.2 Å². The number of benzene rings is 2. The van der Waals surface area contributed by atoms with E-state index in [0.29, 0.717) is 5.75 Å². The molecule has 0 saturated carbocycles. The van der Waals surface area contributed by atoms with Crippen LogP contribution in [0.1, 0.15) is 18.1 Å². The molecule has 3 aromatic rings. The Morgan fingerprint density at radius 2 is 1.80 bits per heavy atom. The summed E-state index contributed by atoms with van der Waals surface area (Å²) in [5, 5.41) is 20.1. The molecule has 2 aromatic carbocycles. The summed E-state index contributed by atoms with van der Waals surface area (Å²) in [7, 11) is 0. The summed E-state index contributed by atoms with van der Waals surface area (Å²) in [6, 6.07) is 18.8. The quantitative estimate of drug-likeness (QED) is 0.359. The van der Waals surface area contributed by atoms with Gasteiger partial charge in [0, 0.05) is 23.4 Å². The number of nitro benzene ring substituents is 1. The van der Waals surface area contributed by atoms with Crippen molar-refractivity contribution in [1.29, 1.82) is 0 Å². The van der Waals surface area contributed by atoms with Gasteiger partial charge in [-0.1, -0.05) is 55.1 Å². The normalized spacial score (nSPS) is 10.6. The fraction of sp³-hybridized carbons (Fsp3) is 0.158. The fourth-order valence-electron chi connectivity index (χ4n) is 2.38. The number of hydrogen-bond donors (Lipinski definition) is 0. The number of hydrogen-bond acceptors (Lipinski definition) is 5. The fourth-order valence-corrected chi connectivity index (χ4v) is 3.14. The predicted molar refractivity (Wildman–Crippen MR) is 99.5 cm³/mol. The lowest BCUT2D eigenvalue weighted by Crippen LogP contribution is -1.92. The Kier molecular flexibility index (Phi) is 5.40.